The predicted octanol–water partition coefficient (Wildman–Crippen LogP) is 3.29. The second-order valence-electron chi connectivity index (χ2n) is 7.57. The smallest absolute Gasteiger partial charge is 0.243 e. The number of amides is 1. The Kier molecular flexibility index (Phi) is 6.29. The third kappa shape index (κ3) is 4.26. The van der Waals surface area contributed by atoms with Gasteiger partial charge in [-0.1, -0.05) is 18.2 Å². The number of nitrogens with zero attached hydrogens (tertiary/aromatic N) is 2. The van der Waals surface area contributed by atoms with Crippen LogP contribution in [0.1, 0.15) is 12.8 Å². The van der Waals surface area contributed by atoms with E-state index in [-0.39, 0.29) is 29.8 Å². The molecule has 4 rings (SSSR count). The fraction of sp³-hybridized carbons (Fsp3) is 0.304. The average molecular weight is 456 g/mol. The summed E-state index contributed by atoms with van der Waals surface area (Å²) >= 11 is 0. The van der Waals surface area contributed by atoms with E-state index in [9.17, 15) is 13.2 Å². The maximum absolute atomic E-state index is 13.1. The highest BCUT2D eigenvalue weighted by Crippen LogP contribution is 2.32. The summed E-state index contributed by atoms with van der Waals surface area (Å²) in [7, 11) is -0.742. The Morgan fingerprint density at radius 1 is 1.03 bits per heavy atom. The summed E-state index contributed by atoms with van der Waals surface area (Å²) in [6, 6.07) is 14.0. The van der Waals surface area contributed by atoms with Gasteiger partial charge in [-0.15, -0.1) is 0 Å². The van der Waals surface area contributed by atoms with Crippen LogP contribution in [0.2, 0.25) is 0 Å². The molecular formula is C23H25N3O5S. The van der Waals surface area contributed by atoms with Crippen molar-refractivity contribution in [3.05, 3.63) is 54.7 Å². The summed E-state index contributed by atoms with van der Waals surface area (Å²) in [6.45, 7) is 0.533. The summed E-state index contributed by atoms with van der Waals surface area (Å²) < 4.78 is 38.0. The van der Waals surface area contributed by atoms with Crippen LogP contribution in [0.15, 0.2) is 59.6 Å². The summed E-state index contributed by atoms with van der Waals surface area (Å²) in [6.07, 6.45) is 2.57. The number of piperidine rings is 1. The number of carbonyl (C=O) groups is 1. The summed E-state index contributed by atoms with van der Waals surface area (Å²) in [5, 5.41) is 3.91. The fourth-order valence-electron chi connectivity index (χ4n) is 3.92. The molecule has 1 N–H and O–H groups in total. The van der Waals surface area contributed by atoms with Crippen LogP contribution in [-0.2, 0) is 14.8 Å². The number of hydrogen-bond acceptors (Lipinski definition) is 6. The maximum atomic E-state index is 13.1. The van der Waals surface area contributed by atoms with E-state index in [0.29, 0.717) is 30.0 Å². The number of benzene rings is 2. The minimum absolute atomic E-state index is 0.119. The van der Waals surface area contributed by atoms with Gasteiger partial charge in [0.2, 0.25) is 15.9 Å². The van der Waals surface area contributed by atoms with Gasteiger partial charge in [-0.25, -0.2) is 8.42 Å². The zero-order chi connectivity index (χ0) is 22.7. The van der Waals surface area contributed by atoms with Gasteiger partial charge >= 0.3 is 0 Å². The molecule has 2 heterocycles. The number of carbonyl (C=O) groups excluding carboxylic acids is 1. The van der Waals surface area contributed by atoms with Crippen LogP contribution >= 0.6 is 0 Å². The molecule has 2 aromatic carbocycles. The lowest BCUT2D eigenvalue weighted by Crippen LogP contribution is -2.41. The molecule has 0 saturated carbocycles. The Morgan fingerprint density at radius 2 is 1.75 bits per heavy atom. The van der Waals surface area contributed by atoms with Crippen molar-refractivity contribution in [1.82, 2.24) is 9.29 Å². The quantitative estimate of drug-likeness (QED) is 0.613. The second-order valence-corrected chi connectivity index (χ2v) is 9.50. The van der Waals surface area contributed by atoms with E-state index in [1.165, 1.54) is 30.7 Å². The number of ether oxygens (including phenoxy) is 2. The van der Waals surface area contributed by atoms with Crippen molar-refractivity contribution in [1.29, 1.82) is 0 Å². The number of sulfonamides is 1. The number of nitrogens with one attached hydrogen (secondary N) is 1. The number of rotatable bonds is 6. The molecule has 0 spiro atoms. The molecule has 1 aliphatic rings. The van der Waals surface area contributed by atoms with Gasteiger partial charge in [0.25, 0.3) is 0 Å². The van der Waals surface area contributed by atoms with Crippen LogP contribution in [0.5, 0.6) is 11.5 Å². The van der Waals surface area contributed by atoms with Crippen LogP contribution in [0.4, 0.5) is 5.69 Å². The van der Waals surface area contributed by atoms with Crippen molar-refractivity contribution in [2.45, 2.75) is 17.7 Å². The lowest BCUT2D eigenvalue weighted by atomic mass is 9.97. The number of pyridine rings is 1. The van der Waals surface area contributed by atoms with E-state index < -0.39 is 10.0 Å². The number of anilines is 1. The van der Waals surface area contributed by atoms with Gasteiger partial charge in [0, 0.05) is 36.7 Å². The number of para-hydroxylation sites is 1. The molecule has 32 heavy (non-hydrogen) atoms. The summed E-state index contributed by atoms with van der Waals surface area (Å²) in [5.74, 6) is 0.424. The zero-order valence-corrected chi connectivity index (χ0v) is 18.8. The first kappa shape index (κ1) is 22.0. The Morgan fingerprint density at radius 3 is 2.47 bits per heavy atom. The Hall–Kier alpha value is -3.17. The standard InChI is InChI=1S/C23H25N3O5S/c1-30-20-9-8-18(15-21(20)31-2)32(28,29)26-13-10-17(11-14-26)23(27)25-19-7-3-5-16-6-4-12-24-22(16)19/h3-9,12,15,17H,10-11,13-14H2,1-2H3,(H,25,27). The predicted molar refractivity (Wildman–Crippen MR) is 121 cm³/mol. The van der Waals surface area contributed by atoms with Crippen LogP contribution in [0.25, 0.3) is 10.9 Å². The molecule has 1 amide bonds. The van der Waals surface area contributed by atoms with E-state index in [4.69, 9.17) is 9.47 Å². The highest BCUT2D eigenvalue weighted by Gasteiger charge is 2.32. The minimum Gasteiger partial charge on any atom is -0.493 e. The first-order valence-corrected chi connectivity index (χ1v) is 11.7. The molecule has 8 nitrogen and oxygen atoms in total. The van der Waals surface area contributed by atoms with Gasteiger partial charge in [-0.05, 0) is 37.1 Å². The molecule has 9 heteroatoms. The van der Waals surface area contributed by atoms with E-state index in [2.05, 4.69) is 10.3 Å². The van der Waals surface area contributed by atoms with Crippen LogP contribution in [0, 0.1) is 5.92 Å². The monoisotopic (exact) mass is 455 g/mol. The van der Waals surface area contributed by atoms with Gasteiger partial charge in [-0.3, -0.25) is 9.78 Å². The van der Waals surface area contributed by atoms with E-state index in [1.54, 1.807) is 12.3 Å². The van der Waals surface area contributed by atoms with Crippen LogP contribution in [0.3, 0.4) is 0 Å². The zero-order valence-electron chi connectivity index (χ0n) is 17.9. The third-order valence-electron chi connectivity index (χ3n) is 5.71. The normalized spacial score (nSPS) is 15.4. The van der Waals surface area contributed by atoms with Gasteiger partial charge in [0.05, 0.1) is 30.3 Å². The molecular weight excluding hydrogens is 430 g/mol. The van der Waals surface area contributed by atoms with Gasteiger partial charge < -0.3 is 14.8 Å². The second kappa shape index (κ2) is 9.13. The number of methoxy groups -OCH3 is 2. The van der Waals surface area contributed by atoms with Gasteiger partial charge in [0.15, 0.2) is 11.5 Å². The Balaban J connectivity index is 1.44. The molecule has 3 aromatic rings. The maximum Gasteiger partial charge on any atom is 0.243 e. The van der Waals surface area contributed by atoms with Gasteiger partial charge in [-0.2, -0.15) is 4.31 Å². The number of hydrogen-bond donors (Lipinski definition) is 1. The van der Waals surface area contributed by atoms with E-state index in [0.717, 1.165) is 10.9 Å². The Bertz CT molecular complexity index is 1230. The van der Waals surface area contributed by atoms with Gasteiger partial charge in [0.1, 0.15) is 0 Å². The molecule has 1 aromatic heterocycles. The summed E-state index contributed by atoms with van der Waals surface area (Å²) in [5.41, 5.74) is 1.39. The number of fused-ring (bicyclic) bond motifs is 1. The van der Waals surface area contributed by atoms with Crippen molar-refractivity contribution in [3.63, 3.8) is 0 Å². The number of aromatic nitrogens is 1. The molecule has 0 radical (unpaired) electrons. The SMILES string of the molecule is COc1ccc(S(=O)(=O)N2CCC(C(=O)Nc3cccc4cccnc34)CC2)cc1OC. The fourth-order valence-corrected chi connectivity index (χ4v) is 5.41. The molecule has 0 atom stereocenters. The summed E-state index contributed by atoms with van der Waals surface area (Å²) in [4.78, 5) is 17.4. The molecule has 168 valence electrons. The molecule has 1 saturated heterocycles. The van der Waals surface area contributed by atoms with Crippen molar-refractivity contribution >= 4 is 32.5 Å². The highest BCUT2D eigenvalue weighted by atomic mass is 32.2. The molecule has 1 aliphatic heterocycles. The van der Waals surface area contributed by atoms with Crippen molar-refractivity contribution < 1.29 is 22.7 Å². The largest absolute Gasteiger partial charge is 0.493 e. The first-order valence-electron chi connectivity index (χ1n) is 10.3. The van der Waals surface area contributed by atoms with Crippen LogP contribution in [-0.4, -0.2) is 50.9 Å². The Labute approximate surface area is 187 Å². The third-order valence-corrected chi connectivity index (χ3v) is 7.60. The van der Waals surface area contributed by atoms with Crippen molar-refractivity contribution in [2.75, 3.05) is 32.6 Å². The topological polar surface area (TPSA) is 97.8 Å². The molecule has 0 bridgehead atoms. The van der Waals surface area contributed by atoms with Crippen molar-refractivity contribution in [2.24, 2.45) is 5.92 Å². The van der Waals surface area contributed by atoms with Crippen LogP contribution < -0.4 is 14.8 Å². The molecule has 0 aliphatic carbocycles. The average Bonchev–Trinajstić information content (AvgIpc) is 2.83. The lowest BCUT2D eigenvalue weighted by molar-refractivity contribution is -0.120. The highest BCUT2D eigenvalue weighted by molar-refractivity contribution is 7.89. The van der Waals surface area contributed by atoms with E-state index in [1.807, 2.05) is 30.3 Å². The van der Waals surface area contributed by atoms with E-state index >= 15 is 0 Å². The van der Waals surface area contributed by atoms with Crippen molar-refractivity contribution in [3.8, 4) is 11.5 Å². The molecule has 0 unspecified atom stereocenters. The lowest BCUT2D eigenvalue weighted by Gasteiger charge is -2.30. The molecule has 1 fully saturated rings. The first-order chi connectivity index (χ1) is 15.4. The minimum atomic E-state index is -3.70.